The molecule has 1 N–H and O–H groups in total. The van der Waals surface area contributed by atoms with Gasteiger partial charge >= 0.3 is 19.8 Å². The Morgan fingerprint density at radius 3 is 1.38 bits per heavy atom. The molecule has 0 spiro atoms. The van der Waals surface area contributed by atoms with Gasteiger partial charge in [-0.25, -0.2) is 4.57 Å². The lowest BCUT2D eigenvalue weighted by Gasteiger charge is -2.19. The van der Waals surface area contributed by atoms with Gasteiger partial charge in [0.1, 0.15) is 6.61 Å². The van der Waals surface area contributed by atoms with Crippen LogP contribution in [0.3, 0.4) is 0 Å². The van der Waals surface area contributed by atoms with E-state index in [0.717, 1.165) is 77.0 Å². The van der Waals surface area contributed by atoms with Crippen LogP contribution >= 0.6 is 7.82 Å². The van der Waals surface area contributed by atoms with E-state index in [4.69, 9.17) is 18.5 Å². The highest BCUT2D eigenvalue weighted by Gasteiger charge is 2.25. The van der Waals surface area contributed by atoms with E-state index in [1.165, 1.54) is 70.6 Å². The molecule has 2 atom stereocenters. The summed E-state index contributed by atoms with van der Waals surface area (Å²) in [6, 6.07) is 0. The zero-order valence-corrected chi connectivity index (χ0v) is 36.7. The summed E-state index contributed by atoms with van der Waals surface area (Å²) < 4.78 is 32.7. The Labute approximate surface area is 343 Å². The first kappa shape index (κ1) is 53.5. The number of allylic oxidation sites excluding steroid dienone is 12. The van der Waals surface area contributed by atoms with Crippen molar-refractivity contribution >= 4 is 19.8 Å². The van der Waals surface area contributed by atoms with Crippen molar-refractivity contribution in [3.05, 3.63) is 72.9 Å². The van der Waals surface area contributed by atoms with Gasteiger partial charge in [0.15, 0.2) is 6.10 Å². The monoisotopic (exact) mass is 805 g/mol. The Balaban J connectivity index is 4.12. The van der Waals surface area contributed by atoms with Crippen molar-refractivity contribution in [2.24, 2.45) is 0 Å². The van der Waals surface area contributed by atoms with Crippen LogP contribution in [0.25, 0.3) is 0 Å². The number of phosphoric acid groups is 1. The van der Waals surface area contributed by atoms with Gasteiger partial charge in [0.2, 0.25) is 0 Å². The number of phosphoric ester groups is 1. The highest BCUT2D eigenvalue weighted by Crippen LogP contribution is 2.43. The normalized spacial score (nSPS) is 14.0. The van der Waals surface area contributed by atoms with Gasteiger partial charge in [-0.2, -0.15) is 0 Å². The van der Waals surface area contributed by atoms with E-state index in [0.29, 0.717) is 6.42 Å². The molecule has 0 aliphatic rings. The fraction of sp³-hybridized carbons (Fsp3) is 0.702. The summed E-state index contributed by atoms with van der Waals surface area (Å²) in [4.78, 5) is 34.8. The molecule has 0 aromatic carbocycles. The van der Waals surface area contributed by atoms with Gasteiger partial charge < -0.3 is 14.4 Å². The molecule has 0 aliphatic carbocycles. The molecule has 8 nitrogen and oxygen atoms in total. The van der Waals surface area contributed by atoms with Crippen LogP contribution in [0.15, 0.2) is 72.9 Å². The predicted octanol–water partition coefficient (Wildman–Crippen LogP) is 14.1. The third kappa shape index (κ3) is 41.1. The molecule has 0 fully saturated rings. The number of esters is 2. The van der Waals surface area contributed by atoms with E-state index in [1.807, 2.05) is 0 Å². The van der Waals surface area contributed by atoms with Crippen molar-refractivity contribution in [1.82, 2.24) is 0 Å². The number of carbonyl (C=O) groups excluding carboxylic acids is 2. The maximum absolute atomic E-state index is 12.6. The largest absolute Gasteiger partial charge is 0.472 e. The Kier molecular flexibility index (Phi) is 40.2. The molecule has 0 rings (SSSR count). The molecule has 0 aromatic heterocycles. The van der Waals surface area contributed by atoms with Gasteiger partial charge in [-0.1, -0.05) is 157 Å². The Morgan fingerprint density at radius 2 is 0.911 bits per heavy atom. The maximum Gasteiger partial charge on any atom is 0.472 e. The molecule has 0 radical (unpaired) electrons. The van der Waals surface area contributed by atoms with Crippen LogP contribution < -0.4 is 0 Å². The minimum atomic E-state index is -4.29. The van der Waals surface area contributed by atoms with Crippen molar-refractivity contribution in [3.63, 3.8) is 0 Å². The second-order valence-electron chi connectivity index (χ2n) is 14.3. The van der Waals surface area contributed by atoms with Gasteiger partial charge in [-0.3, -0.25) is 18.6 Å². The summed E-state index contributed by atoms with van der Waals surface area (Å²) in [7, 11) is -4.29. The van der Waals surface area contributed by atoms with Gasteiger partial charge in [0.05, 0.1) is 13.2 Å². The molecule has 0 heterocycles. The van der Waals surface area contributed by atoms with E-state index < -0.39 is 26.5 Å². The lowest BCUT2D eigenvalue weighted by atomic mass is 10.1. The van der Waals surface area contributed by atoms with Crippen LogP contribution in [0.2, 0.25) is 0 Å². The van der Waals surface area contributed by atoms with Gasteiger partial charge in [-0.15, -0.1) is 0 Å². The first-order valence-corrected chi connectivity index (χ1v) is 23.7. The number of hydrogen-bond donors (Lipinski definition) is 1. The summed E-state index contributed by atoms with van der Waals surface area (Å²) in [6.07, 6.45) is 52.4. The fourth-order valence-corrected chi connectivity index (χ4v) is 6.52. The number of ether oxygens (including phenoxy) is 2. The standard InChI is InChI=1S/C47H81O8P/c1-4-7-9-11-13-15-17-19-21-23-24-26-27-29-31-33-35-37-39-41-46(48)52-43-45(44-54-56(50,51)53-6-3)55-47(49)42-40-38-36-34-32-30-28-25-22-20-18-16-14-12-10-8-5-2/h8,10,13-16,19-22,28,30,45H,4-7,9,11-12,17-18,23-27,29,31-44H2,1-3H3,(H,50,51)/b10-8-,15-13-,16-14-,21-19-,22-20-,30-28-. The average Bonchev–Trinajstić information content (AvgIpc) is 3.18. The minimum absolute atomic E-state index is 0.00885. The molecule has 0 aromatic rings. The summed E-state index contributed by atoms with van der Waals surface area (Å²) in [5.74, 6) is -0.834. The van der Waals surface area contributed by atoms with E-state index in [9.17, 15) is 19.0 Å². The minimum Gasteiger partial charge on any atom is -0.462 e. The second kappa shape index (κ2) is 42.1. The zero-order chi connectivity index (χ0) is 41.1. The lowest BCUT2D eigenvalue weighted by molar-refractivity contribution is -0.161. The molecule has 2 unspecified atom stereocenters. The molecule has 0 saturated carbocycles. The second-order valence-corrected chi connectivity index (χ2v) is 15.8. The zero-order valence-electron chi connectivity index (χ0n) is 35.8. The number of carbonyl (C=O) groups is 2. The highest BCUT2D eigenvalue weighted by molar-refractivity contribution is 7.47. The van der Waals surface area contributed by atoms with Crippen molar-refractivity contribution in [2.45, 2.75) is 194 Å². The van der Waals surface area contributed by atoms with Crippen molar-refractivity contribution < 1.29 is 37.6 Å². The van der Waals surface area contributed by atoms with E-state index >= 15 is 0 Å². The summed E-state index contributed by atoms with van der Waals surface area (Å²) >= 11 is 0. The molecule has 0 amide bonds. The van der Waals surface area contributed by atoms with Crippen LogP contribution in [0.5, 0.6) is 0 Å². The molecular formula is C47H81O8P. The van der Waals surface area contributed by atoms with E-state index in [2.05, 4.69) is 86.8 Å². The van der Waals surface area contributed by atoms with Crippen LogP contribution in [0, 0.1) is 0 Å². The molecule has 0 aliphatic heterocycles. The highest BCUT2D eigenvalue weighted by atomic mass is 31.2. The van der Waals surface area contributed by atoms with Gasteiger partial charge in [-0.05, 0) is 90.4 Å². The van der Waals surface area contributed by atoms with Crippen LogP contribution in [-0.2, 0) is 32.7 Å². The van der Waals surface area contributed by atoms with Gasteiger partial charge in [0.25, 0.3) is 0 Å². The topological polar surface area (TPSA) is 108 Å². The molecule has 0 bridgehead atoms. The first-order chi connectivity index (χ1) is 27.3. The maximum atomic E-state index is 12.6. The molecule has 0 saturated heterocycles. The summed E-state index contributed by atoms with van der Waals surface area (Å²) in [5.41, 5.74) is 0. The summed E-state index contributed by atoms with van der Waals surface area (Å²) in [5, 5.41) is 0. The van der Waals surface area contributed by atoms with Gasteiger partial charge in [0, 0.05) is 12.8 Å². The van der Waals surface area contributed by atoms with E-state index in [-0.39, 0.29) is 32.0 Å². The third-order valence-corrected chi connectivity index (χ3v) is 10.1. The molecule has 9 heteroatoms. The third-order valence-electron chi connectivity index (χ3n) is 9.00. The summed E-state index contributed by atoms with van der Waals surface area (Å²) in [6.45, 7) is 5.30. The first-order valence-electron chi connectivity index (χ1n) is 22.2. The molecule has 56 heavy (non-hydrogen) atoms. The number of hydrogen-bond acceptors (Lipinski definition) is 7. The lowest BCUT2D eigenvalue weighted by Crippen LogP contribution is -2.29. The molecular weight excluding hydrogens is 723 g/mol. The Hall–Kier alpha value is -2.51. The Bertz CT molecular complexity index is 1140. The van der Waals surface area contributed by atoms with Crippen molar-refractivity contribution in [3.8, 4) is 0 Å². The van der Waals surface area contributed by atoms with Crippen LogP contribution in [-0.4, -0.2) is 42.8 Å². The SMILES string of the molecule is CC/C=C\C/C=C\C/C=C\C/C=C\CCCCCCC(=O)OC(COC(=O)CCCCCCCCCCC/C=C\C/C=C\CCCCC)COP(=O)(O)OCC. The number of rotatable bonds is 40. The predicted molar refractivity (Wildman–Crippen MR) is 234 cm³/mol. The van der Waals surface area contributed by atoms with Crippen LogP contribution in [0.4, 0.5) is 0 Å². The van der Waals surface area contributed by atoms with E-state index in [1.54, 1.807) is 6.92 Å². The smallest absolute Gasteiger partial charge is 0.462 e. The Morgan fingerprint density at radius 1 is 0.500 bits per heavy atom. The fourth-order valence-electron chi connectivity index (χ4n) is 5.77. The van der Waals surface area contributed by atoms with Crippen molar-refractivity contribution in [2.75, 3.05) is 19.8 Å². The molecule has 322 valence electrons. The number of unbranched alkanes of at least 4 members (excludes halogenated alkanes) is 16. The van der Waals surface area contributed by atoms with Crippen LogP contribution in [0.1, 0.15) is 188 Å². The quantitative estimate of drug-likeness (QED) is 0.0282. The average molecular weight is 805 g/mol. The van der Waals surface area contributed by atoms with Crippen molar-refractivity contribution in [1.29, 1.82) is 0 Å².